The van der Waals surface area contributed by atoms with Crippen molar-refractivity contribution in [1.29, 1.82) is 0 Å². The number of aliphatic imine (C=N–C) groups is 1. The standard InChI is InChI=1S/C19H35N5O2.HI/c1-3-21-19(22-14-18(26)23-16-7-5-4-6-8-16)24-11-9-15(10-12-24)13-17(25)20-2;/h15-16H,3-14H2,1-2H3,(H,20,25)(H,21,22)(H,23,26);1H. The van der Waals surface area contributed by atoms with E-state index in [1.165, 1.54) is 19.3 Å². The van der Waals surface area contributed by atoms with Crippen LogP contribution in [0, 0.1) is 5.92 Å². The monoisotopic (exact) mass is 493 g/mol. The van der Waals surface area contributed by atoms with Crippen LogP contribution < -0.4 is 16.0 Å². The molecule has 0 aromatic rings. The number of hydrogen-bond acceptors (Lipinski definition) is 3. The number of piperidine rings is 1. The minimum atomic E-state index is 0. The quantitative estimate of drug-likeness (QED) is 0.300. The molecule has 7 nitrogen and oxygen atoms in total. The van der Waals surface area contributed by atoms with Crippen molar-refractivity contribution in [1.82, 2.24) is 20.9 Å². The molecule has 2 fully saturated rings. The Morgan fingerprint density at radius 3 is 2.30 bits per heavy atom. The van der Waals surface area contributed by atoms with Gasteiger partial charge in [-0.25, -0.2) is 4.99 Å². The van der Waals surface area contributed by atoms with Crippen molar-refractivity contribution in [3.63, 3.8) is 0 Å². The van der Waals surface area contributed by atoms with Crippen LogP contribution in [0.2, 0.25) is 0 Å². The zero-order valence-corrected chi connectivity index (χ0v) is 19.1. The summed E-state index contributed by atoms with van der Waals surface area (Å²) in [6, 6.07) is 0.328. The molecular weight excluding hydrogens is 457 g/mol. The van der Waals surface area contributed by atoms with Gasteiger partial charge >= 0.3 is 0 Å². The van der Waals surface area contributed by atoms with Crippen LogP contribution >= 0.6 is 24.0 Å². The van der Waals surface area contributed by atoms with Crippen LogP contribution in [0.15, 0.2) is 4.99 Å². The number of guanidine groups is 1. The Balaban J connectivity index is 0.00000364. The number of hydrogen-bond donors (Lipinski definition) is 3. The van der Waals surface area contributed by atoms with Crippen molar-refractivity contribution < 1.29 is 9.59 Å². The van der Waals surface area contributed by atoms with Gasteiger partial charge in [0, 0.05) is 39.1 Å². The van der Waals surface area contributed by atoms with E-state index in [0.717, 1.165) is 51.3 Å². The van der Waals surface area contributed by atoms with E-state index in [1.807, 2.05) is 6.92 Å². The van der Waals surface area contributed by atoms with Crippen LogP contribution in [0.5, 0.6) is 0 Å². The van der Waals surface area contributed by atoms with Gasteiger partial charge in [-0.2, -0.15) is 0 Å². The predicted molar refractivity (Wildman–Crippen MR) is 119 cm³/mol. The molecule has 2 amide bonds. The van der Waals surface area contributed by atoms with Crippen LogP contribution in [-0.2, 0) is 9.59 Å². The summed E-state index contributed by atoms with van der Waals surface area (Å²) in [6.07, 6.45) is 8.44. The summed E-state index contributed by atoms with van der Waals surface area (Å²) < 4.78 is 0. The van der Waals surface area contributed by atoms with Gasteiger partial charge in [-0.15, -0.1) is 24.0 Å². The third-order valence-electron chi connectivity index (χ3n) is 5.34. The summed E-state index contributed by atoms with van der Waals surface area (Å²) in [4.78, 5) is 30.5. The number of rotatable bonds is 6. The highest BCUT2D eigenvalue weighted by atomic mass is 127. The second kappa shape index (κ2) is 13.2. The van der Waals surface area contributed by atoms with Gasteiger partial charge in [0.1, 0.15) is 6.54 Å². The van der Waals surface area contributed by atoms with E-state index in [9.17, 15) is 9.59 Å². The van der Waals surface area contributed by atoms with Gasteiger partial charge in [0.15, 0.2) is 5.96 Å². The van der Waals surface area contributed by atoms with E-state index in [0.29, 0.717) is 18.4 Å². The Morgan fingerprint density at radius 1 is 1.04 bits per heavy atom. The van der Waals surface area contributed by atoms with Crippen molar-refractivity contribution in [3.05, 3.63) is 0 Å². The maximum Gasteiger partial charge on any atom is 0.242 e. The maximum absolute atomic E-state index is 12.2. The molecule has 156 valence electrons. The second-order valence-electron chi connectivity index (χ2n) is 7.38. The Labute approximate surface area is 180 Å². The Morgan fingerprint density at radius 2 is 1.70 bits per heavy atom. The SMILES string of the molecule is CCNC(=NCC(=O)NC1CCCCC1)N1CCC(CC(=O)NC)CC1.I. The topological polar surface area (TPSA) is 85.8 Å². The molecule has 0 radical (unpaired) electrons. The third kappa shape index (κ3) is 8.66. The molecule has 1 saturated carbocycles. The average Bonchev–Trinajstić information content (AvgIpc) is 2.66. The van der Waals surface area contributed by atoms with Gasteiger partial charge in [0.2, 0.25) is 11.8 Å². The fraction of sp³-hybridized carbons (Fsp3) is 0.842. The van der Waals surface area contributed by atoms with Gasteiger partial charge in [0.25, 0.3) is 0 Å². The summed E-state index contributed by atoms with van der Waals surface area (Å²) >= 11 is 0. The van der Waals surface area contributed by atoms with Gasteiger partial charge in [-0.3, -0.25) is 9.59 Å². The first kappa shape index (κ1) is 24.0. The van der Waals surface area contributed by atoms with Crippen LogP contribution in [0.1, 0.15) is 58.3 Å². The van der Waals surface area contributed by atoms with Crippen molar-refractivity contribution in [3.8, 4) is 0 Å². The van der Waals surface area contributed by atoms with Crippen LogP contribution in [0.25, 0.3) is 0 Å². The normalized spacial score (nSPS) is 19.2. The van der Waals surface area contributed by atoms with Gasteiger partial charge < -0.3 is 20.9 Å². The predicted octanol–water partition coefficient (Wildman–Crippen LogP) is 1.87. The molecule has 1 aliphatic carbocycles. The van der Waals surface area contributed by atoms with E-state index in [-0.39, 0.29) is 42.3 Å². The second-order valence-corrected chi connectivity index (χ2v) is 7.38. The number of amides is 2. The molecule has 0 unspecified atom stereocenters. The highest BCUT2D eigenvalue weighted by molar-refractivity contribution is 14.0. The number of carbonyl (C=O) groups is 2. The first-order valence-corrected chi connectivity index (χ1v) is 10.2. The summed E-state index contributed by atoms with van der Waals surface area (Å²) in [5.41, 5.74) is 0. The number of nitrogens with zero attached hydrogens (tertiary/aromatic N) is 2. The fourth-order valence-corrected chi connectivity index (χ4v) is 3.81. The largest absolute Gasteiger partial charge is 0.359 e. The first-order valence-electron chi connectivity index (χ1n) is 10.2. The molecule has 1 saturated heterocycles. The molecule has 8 heteroatoms. The van der Waals surface area contributed by atoms with Gasteiger partial charge in [-0.1, -0.05) is 19.3 Å². The summed E-state index contributed by atoms with van der Waals surface area (Å²) in [6.45, 7) is 4.74. The summed E-state index contributed by atoms with van der Waals surface area (Å²) in [7, 11) is 1.69. The summed E-state index contributed by atoms with van der Waals surface area (Å²) in [5, 5.41) is 9.11. The van der Waals surface area contributed by atoms with Crippen LogP contribution in [0.4, 0.5) is 0 Å². The molecule has 3 N–H and O–H groups in total. The lowest BCUT2D eigenvalue weighted by molar-refractivity contribution is -0.122. The number of nitrogens with one attached hydrogen (secondary N) is 3. The van der Waals surface area contributed by atoms with Crippen LogP contribution in [-0.4, -0.2) is 61.9 Å². The van der Waals surface area contributed by atoms with E-state index >= 15 is 0 Å². The molecular formula is C19H36IN5O2. The molecule has 2 rings (SSSR count). The molecule has 0 spiro atoms. The lowest BCUT2D eigenvalue weighted by atomic mass is 9.93. The Kier molecular flexibility index (Phi) is 11.7. The molecule has 0 aromatic heterocycles. The van der Waals surface area contributed by atoms with Crippen molar-refractivity contribution in [2.75, 3.05) is 33.2 Å². The van der Waals surface area contributed by atoms with Crippen molar-refractivity contribution in [2.24, 2.45) is 10.9 Å². The van der Waals surface area contributed by atoms with E-state index in [1.54, 1.807) is 7.05 Å². The molecule has 0 aromatic carbocycles. The zero-order chi connectivity index (χ0) is 18.8. The lowest BCUT2D eigenvalue weighted by Crippen LogP contribution is -2.46. The summed E-state index contributed by atoms with van der Waals surface area (Å²) in [5.74, 6) is 1.37. The molecule has 27 heavy (non-hydrogen) atoms. The number of carbonyl (C=O) groups excluding carboxylic acids is 2. The molecule has 2 aliphatic rings. The highest BCUT2D eigenvalue weighted by Crippen LogP contribution is 2.20. The van der Waals surface area contributed by atoms with Gasteiger partial charge in [-0.05, 0) is 38.5 Å². The molecule has 1 aliphatic heterocycles. The average molecular weight is 493 g/mol. The van der Waals surface area contributed by atoms with E-state index in [2.05, 4.69) is 25.8 Å². The fourth-order valence-electron chi connectivity index (χ4n) is 3.81. The Bertz CT molecular complexity index is 486. The minimum Gasteiger partial charge on any atom is -0.359 e. The molecule has 1 heterocycles. The van der Waals surface area contributed by atoms with E-state index in [4.69, 9.17) is 0 Å². The van der Waals surface area contributed by atoms with Crippen molar-refractivity contribution >= 4 is 41.8 Å². The highest BCUT2D eigenvalue weighted by Gasteiger charge is 2.23. The third-order valence-corrected chi connectivity index (χ3v) is 5.34. The first-order chi connectivity index (χ1) is 12.6. The number of likely N-dealkylation sites (tertiary alicyclic amines) is 1. The van der Waals surface area contributed by atoms with Crippen LogP contribution in [0.3, 0.4) is 0 Å². The maximum atomic E-state index is 12.2. The van der Waals surface area contributed by atoms with Crippen molar-refractivity contribution in [2.45, 2.75) is 64.3 Å². The molecule has 0 bridgehead atoms. The van der Waals surface area contributed by atoms with Gasteiger partial charge in [0.05, 0.1) is 0 Å². The number of halogens is 1. The zero-order valence-electron chi connectivity index (χ0n) is 16.8. The lowest BCUT2D eigenvalue weighted by Gasteiger charge is -2.34. The minimum absolute atomic E-state index is 0. The molecule has 0 atom stereocenters. The Hall–Kier alpha value is -1.06. The van der Waals surface area contributed by atoms with E-state index < -0.39 is 0 Å². The smallest absolute Gasteiger partial charge is 0.242 e.